The van der Waals surface area contributed by atoms with Crippen molar-refractivity contribution in [2.24, 2.45) is 10.8 Å². The monoisotopic (exact) mass is 349 g/mol. The van der Waals surface area contributed by atoms with Crippen LogP contribution in [0.5, 0.6) is 5.75 Å². The van der Waals surface area contributed by atoms with Crippen LogP contribution in [0.25, 0.3) is 0 Å². The molecular formula is C15H15N3O3S2. The summed E-state index contributed by atoms with van der Waals surface area (Å²) in [6.45, 7) is 1.88. The van der Waals surface area contributed by atoms with E-state index in [-0.39, 0.29) is 15.8 Å². The highest BCUT2D eigenvalue weighted by molar-refractivity contribution is 7.87. The van der Waals surface area contributed by atoms with E-state index in [1.54, 1.807) is 30.3 Å². The molecule has 2 aromatic carbocycles. The van der Waals surface area contributed by atoms with Crippen molar-refractivity contribution in [1.29, 1.82) is 0 Å². The summed E-state index contributed by atoms with van der Waals surface area (Å²) < 4.78 is 29.6. The first-order valence-electron chi connectivity index (χ1n) is 6.56. The van der Waals surface area contributed by atoms with Crippen molar-refractivity contribution in [1.82, 2.24) is 5.43 Å². The summed E-state index contributed by atoms with van der Waals surface area (Å²) in [4.78, 5) is 0.0947. The van der Waals surface area contributed by atoms with E-state index >= 15 is 0 Å². The van der Waals surface area contributed by atoms with Gasteiger partial charge in [-0.15, -0.1) is 0 Å². The molecule has 8 heteroatoms. The van der Waals surface area contributed by atoms with E-state index in [2.05, 4.69) is 22.7 Å². The minimum atomic E-state index is -3.88. The third-order valence-electron chi connectivity index (χ3n) is 2.76. The van der Waals surface area contributed by atoms with E-state index in [1.165, 1.54) is 24.4 Å². The zero-order valence-electron chi connectivity index (χ0n) is 12.3. The van der Waals surface area contributed by atoms with E-state index in [0.29, 0.717) is 5.56 Å². The summed E-state index contributed by atoms with van der Waals surface area (Å²) in [6, 6.07) is 12.9. The van der Waals surface area contributed by atoms with Gasteiger partial charge >= 0.3 is 10.1 Å². The van der Waals surface area contributed by atoms with Gasteiger partial charge in [0, 0.05) is 0 Å². The molecule has 0 heterocycles. The molecule has 23 heavy (non-hydrogen) atoms. The fourth-order valence-corrected chi connectivity index (χ4v) is 2.67. The molecule has 0 aliphatic rings. The van der Waals surface area contributed by atoms with Crippen LogP contribution in [0.3, 0.4) is 0 Å². The van der Waals surface area contributed by atoms with Gasteiger partial charge in [-0.2, -0.15) is 13.5 Å². The number of aryl methyl sites for hydroxylation is 1. The van der Waals surface area contributed by atoms with Gasteiger partial charge in [-0.1, -0.05) is 29.8 Å². The Morgan fingerprint density at radius 3 is 2.61 bits per heavy atom. The van der Waals surface area contributed by atoms with Gasteiger partial charge in [-0.3, -0.25) is 5.43 Å². The average Bonchev–Trinajstić information content (AvgIpc) is 2.47. The van der Waals surface area contributed by atoms with Crippen LogP contribution in [0, 0.1) is 6.92 Å². The minimum absolute atomic E-state index is 0.0376. The van der Waals surface area contributed by atoms with Gasteiger partial charge in [0.25, 0.3) is 0 Å². The Morgan fingerprint density at radius 1 is 1.26 bits per heavy atom. The molecule has 0 radical (unpaired) electrons. The van der Waals surface area contributed by atoms with Crippen molar-refractivity contribution in [3.05, 3.63) is 59.7 Å². The fraction of sp³-hybridized carbons (Fsp3) is 0.0667. The number of benzene rings is 2. The van der Waals surface area contributed by atoms with Crippen LogP contribution >= 0.6 is 12.2 Å². The molecular weight excluding hydrogens is 334 g/mol. The first kappa shape index (κ1) is 16.9. The lowest BCUT2D eigenvalue weighted by Gasteiger charge is -2.07. The molecule has 0 aliphatic heterocycles. The number of nitrogens with zero attached hydrogens (tertiary/aromatic N) is 1. The number of rotatable bonds is 5. The Hall–Kier alpha value is -2.45. The van der Waals surface area contributed by atoms with Crippen LogP contribution < -0.4 is 15.3 Å². The SMILES string of the molecule is Cc1ccc(S(=O)(=O)Oc2cccc(/C=N\NC(N)=S)c2)cc1. The lowest BCUT2D eigenvalue weighted by atomic mass is 10.2. The molecule has 0 saturated carbocycles. The summed E-state index contributed by atoms with van der Waals surface area (Å²) in [7, 11) is -3.88. The second kappa shape index (κ2) is 7.21. The molecule has 0 aromatic heterocycles. The van der Waals surface area contributed by atoms with E-state index < -0.39 is 10.1 Å². The second-order valence-electron chi connectivity index (χ2n) is 4.66. The van der Waals surface area contributed by atoms with Gasteiger partial charge in [0.15, 0.2) is 5.11 Å². The highest BCUT2D eigenvalue weighted by Gasteiger charge is 2.16. The van der Waals surface area contributed by atoms with E-state index in [9.17, 15) is 8.42 Å². The fourth-order valence-electron chi connectivity index (χ4n) is 1.70. The first-order chi connectivity index (χ1) is 10.9. The average molecular weight is 349 g/mol. The number of thiocarbonyl (C=S) groups is 1. The van der Waals surface area contributed by atoms with Crippen LogP contribution in [0.1, 0.15) is 11.1 Å². The largest absolute Gasteiger partial charge is 0.379 e. The normalized spacial score (nSPS) is 11.3. The number of hydrogen-bond acceptors (Lipinski definition) is 5. The molecule has 0 aliphatic carbocycles. The summed E-state index contributed by atoms with van der Waals surface area (Å²) >= 11 is 4.62. The predicted octanol–water partition coefficient (Wildman–Crippen LogP) is 1.93. The van der Waals surface area contributed by atoms with Crippen LogP contribution in [-0.2, 0) is 10.1 Å². The van der Waals surface area contributed by atoms with E-state index in [0.717, 1.165) is 5.56 Å². The maximum absolute atomic E-state index is 12.2. The Bertz CT molecular complexity index is 831. The molecule has 0 bridgehead atoms. The number of nitrogens with two attached hydrogens (primary N) is 1. The first-order valence-corrected chi connectivity index (χ1v) is 8.38. The van der Waals surface area contributed by atoms with Gasteiger partial charge in [0.2, 0.25) is 0 Å². The Kier molecular flexibility index (Phi) is 5.30. The highest BCUT2D eigenvalue weighted by Crippen LogP contribution is 2.19. The van der Waals surface area contributed by atoms with Crippen molar-refractivity contribution in [2.45, 2.75) is 11.8 Å². The third kappa shape index (κ3) is 5.04. The molecule has 2 rings (SSSR count). The molecule has 0 unspecified atom stereocenters. The maximum atomic E-state index is 12.2. The summed E-state index contributed by atoms with van der Waals surface area (Å²) in [5.41, 5.74) is 9.25. The predicted molar refractivity (Wildman–Crippen MR) is 92.9 cm³/mol. The number of hydrazone groups is 1. The summed E-state index contributed by atoms with van der Waals surface area (Å²) in [5, 5.41) is 3.84. The molecule has 0 fully saturated rings. The van der Waals surface area contributed by atoms with Crippen LogP contribution in [0.4, 0.5) is 0 Å². The van der Waals surface area contributed by atoms with E-state index in [1.807, 2.05) is 6.92 Å². The van der Waals surface area contributed by atoms with Gasteiger partial charge < -0.3 is 9.92 Å². The van der Waals surface area contributed by atoms with Gasteiger partial charge in [-0.25, -0.2) is 0 Å². The second-order valence-corrected chi connectivity index (χ2v) is 6.64. The maximum Gasteiger partial charge on any atom is 0.339 e. The quantitative estimate of drug-likeness (QED) is 0.371. The number of nitrogens with one attached hydrogen (secondary N) is 1. The van der Waals surface area contributed by atoms with Crippen molar-refractivity contribution >= 4 is 33.7 Å². The van der Waals surface area contributed by atoms with Gasteiger partial charge in [-0.05, 0) is 49.0 Å². The topological polar surface area (TPSA) is 93.8 Å². The minimum Gasteiger partial charge on any atom is -0.379 e. The van der Waals surface area contributed by atoms with Gasteiger partial charge in [0.05, 0.1) is 6.21 Å². The molecule has 0 amide bonds. The Balaban J connectivity index is 2.18. The summed E-state index contributed by atoms with van der Waals surface area (Å²) in [5.74, 6) is 0.185. The lowest BCUT2D eigenvalue weighted by molar-refractivity contribution is 0.486. The summed E-state index contributed by atoms with van der Waals surface area (Å²) in [6.07, 6.45) is 1.45. The Morgan fingerprint density at radius 2 is 1.96 bits per heavy atom. The molecule has 120 valence electrons. The highest BCUT2D eigenvalue weighted by atomic mass is 32.2. The van der Waals surface area contributed by atoms with Crippen molar-refractivity contribution in [2.75, 3.05) is 0 Å². The molecule has 3 N–H and O–H groups in total. The molecule has 6 nitrogen and oxygen atoms in total. The lowest BCUT2D eigenvalue weighted by Crippen LogP contribution is -2.23. The third-order valence-corrected chi connectivity index (χ3v) is 4.11. The standard InChI is InChI=1S/C15H15N3O3S2/c1-11-5-7-14(8-6-11)23(19,20)21-13-4-2-3-12(9-13)10-17-18-15(16)22/h2-10H,1H3,(H3,16,18,22)/b17-10-. The Labute approximate surface area is 140 Å². The van der Waals surface area contributed by atoms with Crippen LogP contribution in [0.2, 0.25) is 0 Å². The molecule has 0 saturated heterocycles. The molecule has 0 spiro atoms. The van der Waals surface area contributed by atoms with E-state index in [4.69, 9.17) is 9.92 Å². The van der Waals surface area contributed by atoms with Crippen LogP contribution in [-0.4, -0.2) is 19.7 Å². The van der Waals surface area contributed by atoms with Crippen molar-refractivity contribution < 1.29 is 12.6 Å². The van der Waals surface area contributed by atoms with Crippen LogP contribution in [0.15, 0.2) is 58.5 Å². The number of hydrogen-bond donors (Lipinski definition) is 2. The molecule has 0 atom stereocenters. The van der Waals surface area contributed by atoms with Crippen molar-refractivity contribution in [3.63, 3.8) is 0 Å². The zero-order valence-corrected chi connectivity index (χ0v) is 13.9. The van der Waals surface area contributed by atoms with Crippen molar-refractivity contribution in [3.8, 4) is 5.75 Å². The zero-order chi connectivity index (χ0) is 16.9. The smallest absolute Gasteiger partial charge is 0.339 e. The van der Waals surface area contributed by atoms with Gasteiger partial charge in [0.1, 0.15) is 10.6 Å². The molecule has 2 aromatic rings.